The monoisotopic (exact) mass is 399 g/mol. The zero-order valence-corrected chi connectivity index (χ0v) is 16.3. The van der Waals surface area contributed by atoms with Gasteiger partial charge in [0.25, 0.3) is 5.56 Å². The van der Waals surface area contributed by atoms with Crippen molar-refractivity contribution in [1.82, 2.24) is 9.97 Å². The van der Waals surface area contributed by atoms with E-state index in [-0.39, 0.29) is 22.3 Å². The fourth-order valence-electron chi connectivity index (χ4n) is 2.66. The summed E-state index contributed by atoms with van der Waals surface area (Å²) < 4.78 is 10.5. The molecule has 7 nitrogen and oxygen atoms in total. The van der Waals surface area contributed by atoms with E-state index in [0.717, 1.165) is 5.56 Å². The molecule has 0 saturated carbocycles. The van der Waals surface area contributed by atoms with Crippen molar-refractivity contribution in [2.75, 3.05) is 19.5 Å². The second kappa shape index (κ2) is 8.14. The third kappa shape index (κ3) is 4.15. The zero-order valence-electron chi connectivity index (χ0n) is 15.5. The highest BCUT2D eigenvalue weighted by Gasteiger charge is 2.12. The van der Waals surface area contributed by atoms with Crippen molar-refractivity contribution in [2.24, 2.45) is 0 Å². The van der Waals surface area contributed by atoms with Crippen molar-refractivity contribution >= 4 is 45.2 Å². The van der Waals surface area contributed by atoms with Crippen LogP contribution in [0.3, 0.4) is 0 Å². The first kappa shape index (κ1) is 19.4. The molecule has 3 aromatic rings. The zero-order chi connectivity index (χ0) is 20.3. The SMILES string of the molecule is COc1cc2nc(/C(Cl)=C/c3ccc(NC(C)=O)cc3)[nH]c(=O)c2cc1OC. The highest BCUT2D eigenvalue weighted by atomic mass is 35.5. The Bertz CT molecular complexity index is 1120. The van der Waals surface area contributed by atoms with Gasteiger partial charge < -0.3 is 19.8 Å². The summed E-state index contributed by atoms with van der Waals surface area (Å²) >= 11 is 6.37. The summed E-state index contributed by atoms with van der Waals surface area (Å²) in [5, 5.41) is 3.32. The molecular weight excluding hydrogens is 382 g/mol. The minimum atomic E-state index is -0.339. The second-order valence-electron chi connectivity index (χ2n) is 5.93. The number of nitrogens with zero attached hydrogens (tertiary/aromatic N) is 1. The number of methoxy groups -OCH3 is 2. The van der Waals surface area contributed by atoms with E-state index in [4.69, 9.17) is 21.1 Å². The van der Waals surface area contributed by atoms with Gasteiger partial charge in [0, 0.05) is 18.7 Å². The summed E-state index contributed by atoms with van der Waals surface area (Å²) in [6, 6.07) is 10.3. The minimum Gasteiger partial charge on any atom is -0.493 e. The van der Waals surface area contributed by atoms with Crippen molar-refractivity contribution in [1.29, 1.82) is 0 Å². The first-order valence-electron chi connectivity index (χ1n) is 8.32. The number of fused-ring (bicyclic) bond motifs is 1. The standard InChI is InChI=1S/C20H18ClN3O4/c1-11(25)22-13-6-4-12(5-7-13)8-15(21)19-23-16-10-18(28-3)17(27-2)9-14(16)20(26)24-19/h4-10H,1-3H3,(H,22,25)(H,23,24,26)/b15-8-. The van der Waals surface area contributed by atoms with Gasteiger partial charge in [-0.15, -0.1) is 0 Å². The van der Waals surface area contributed by atoms with Gasteiger partial charge in [-0.1, -0.05) is 23.7 Å². The fourth-order valence-corrected chi connectivity index (χ4v) is 2.88. The number of aromatic amines is 1. The number of H-pyrrole nitrogens is 1. The summed E-state index contributed by atoms with van der Waals surface area (Å²) in [5.74, 6) is 0.993. The first-order chi connectivity index (χ1) is 13.4. The van der Waals surface area contributed by atoms with Gasteiger partial charge in [-0.3, -0.25) is 9.59 Å². The van der Waals surface area contributed by atoms with Gasteiger partial charge in [-0.05, 0) is 29.8 Å². The Morgan fingerprint density at radius 2 is 1.79 bits per heavy atom. The Hall–Kier alpha value is -3.32. The Labute approximate surface area is 166 Å². The lowest BCUT2D eigenvalue weighted by atomic mass is 10.2. The summed E-state index contributed by atoms with van der Waals surface area (Å²) in [6.07, 6.45) is 1.67. The lowest BCUT2D eigenvalue weighted by Crippen LogP contribution is -2.11. The molecule has 0 radical (unpaired) electrons. The molecule has 28 heavy (non-hydrogen) atoms. The van der Waals surface area contributed by atoms with Crippen LogP contribution < -0.4 is 20.3 Å². The minimum absolute atomic E-state index is 0.147. The molecule has 0 spiro atoms. The van der Waals surface area contributed by atoms with E-state index in [1.165, 1.54) is 21.1 Å². The third-order valence-electron chi connectivity index (χ3n) is 3.96. The van der Waals surface area contributed by atoms with Crippen molar-refractivity contribution in [3.05, 3.63) is 58.1 Å². The van der Waals surface area contributed by atoms with E-state index in [0.29, 0.717) is 28.1 Å². The molecule has 1 amide bonds. The van der Waals surface area contributed by atoms with Gasteiger partial charge in [0.1, 0.15) is 0 Å². The number of amides is 1. The van der Waals surface area contributed by atoms with Gasteiger partial charge in [0.15, 0.2) is 17.3 Å². The smallest absolute Gasteiger partial charge is 0.259 e. The fraction of sp³-hybridized carbons (Fsp3) is 0.150. The van der Waals surface area contributed by atoms with Crippen LogP contribution in [0.15, 0.2) is 41.2 Å². The highest BCUT2D eigenvalue weighted by molar-refractivity contribution is 6.50. The number of halogens is 1. The Morgan fingerprint density at radius 3 is 2.39 bits per heavy atom. The number of carbonyl (C=O) groups excluding carboxylic acids is 1. The molecule has 0 fully saturated rings. The maximum absolute atomic E-state index is 12.5. The van der Waals surface area contributed by atoms with Crippen LogP contribution in [0.5, 0.6) is 11.5 Å². The summed E-state index contributed by atoms with van der Waals surface area (Å²) in [4.78, 5) is 30.6. The molecule has 0 unspecified atom stereocenters. The van der Waals surface area contributed by atoms with E-state index in [1.807, 2.05) is 0 Å². The molecule has 8 heteroatoms. The molecule has 1 heterocycles. The average molecular weight is 400 g/mol. The number of hydrogen-bond donors (Lipinski definition) is 2. The van der Waals surface area contributed by atoms with Gasteiger partial charge in [-0.2, -0.15) is 0 Å². The number of rotatable bonds is 5. The highest BCUT2D eigenvalue weighted by Crippen LogP contribution is 2.30. The van der Waals surface area contributed by atoms with Crippen LogP contribution in [0.1, 0.15) is 18.3 Å². The normalized spacial score (nSPS) is 11.4. The van der Waals surface area contributed by atoms with E-state index in [2.05, 4.69) is 15.3 Å². The predicted octanol–water partition coefficient (Wildman–Crippen LogP) is 3.64. The van der Waals surface area contributed by atoms with Crippen LogP contribution in [-0.4, -0.2) is 30.1 Å². The molecule has 0 bridgehead atoms. The number of nitrogens with one attached hydrogen (secondary N) is 2. The summed E-state index contributed by atoms with van der Waals surface area (Å²) in [7, 11) is 3.01. The van der Waals surface area contributed by atoms with Crippen molar-refractivity contribution in [2.45, 2.75) is 6.92 Å². The lowest BCUT2D eigenvalue weighted by Gasteiger charge is -2.09. The molecule has 0 saturated heterocycles. The van der Waals surface area contributed by atoms with Gasteiger partial charge in [0.05, 0.1) is 30.2 Å². The molecule has 0 aliphatic rings. The van der Waals surface area contributed by atoms with Gasteiger partial charge >= 0.3 is 0 Å². The molecular formula is C20H18ClN3O4. The molecule has 0 aliphatic heterocycles. The van der Waals surface area contributed by atoms with Crippen LogP contribution in [-0.2, 0) is 4.79 Å². The molecule has 1 aromatic heterocycles. The van der Waals surface area contributed by atoms with Crippen molar-refractivity contribution < 1.29 is 14.3 Å². The van der Waals surface area contributed by atoms with Crippen LogP contribution in [0.4, 0.5) is 5.69 Å². The molecule has 3 rings (SSSR count). The molecule has 2 aromatic carbocycles. The Morgan fingerprint density at radius 1 is 1.14 bits per heavy atom. The van der Waals surface area contributed by atoms with E-state index in [9.17, 15) is 9.59 Å². The maximum atomic E-state index is 12.5. The average Bonchev–Trinajstić information content (AvgIpc) is 2.68. The summed E-state index contributed by atoms with van der Waals surface area (Å²) in [6.45, 7) is 1.44. The number of anilines is 1. The molecule has 2 N–H and O–H groups in total. The largest absolute Gasteiger partial charge is 0.493 e. The van der Waals surface area contributed by atoms with E-state index in [1.54, 1.807) is 42.5 Å². The Kier molecular flexibility index (Phi) is 5.65. The number of ether oxygens (including phenoxy) is 2. The predicted molar refractivity (Wildman–Crippen MR) is 110 cm³/mol. The number of carbonyl (C=O) groups is 1. The first-order valence-corrected chi connectivity index (χ1v) is 8.70. The second-order valence-corrected chi connectivity index (χ2v) is 6.34. The Balaban J connectivity index is 1.99. The number of aromatic nitrogens is 2. The number of hydrogen-bond acceptors (Lipinski definition) is 5. The summed E-state index contributed by atoms with van der Waals surface area (Å²) in [5.41, 5.74) is 1.56. The topological polar surface area (TPSA) is 93.3 Å². The van der Waals surface area contributed by atoms with Crippen LogP contribution >= 0.6 is 11.6 Å². The van der Waals surface area contributed by atoms with E-state index >= 15 is 0 Å². The van der Waals surface area contributed by atoms with E-state index < -0.39 is 0 Å². The third-order valence-corrected chi connectivity index (χ3v) is 4.25. The molecule has 0 atom stereocenters. The van der Waals surface area contributed by atoms with Gasteiger partial charge in [0.2, 0.25) is 5.91 Å². The lowest BCUT2D eigenvalue weighted by molar-refractivity contribution is -0.114. The quantitative estimate of drug-likeness (QED) is 0.683. The van der Waals surface area contributed by atoms with Crippen molar-refractivity contribution in [3.63, 3.8) is 0 Å². The van der Waals surface area contributed by atoms with Crippen LogP contribution in [0.25, 0.3) is 22.0 Å². The van der Waals surface area contributed by atoms with Crippen molar-refractivity contribution in [3.8, 4) is 11.5 Å². The van der Waals surface area contributed by atoms with Gasteiger partial charge in [-0.25, -0.2) is 4.98 Å². The number of benzene rings is 2. The molecule has 0 aliphatic carbocycles. The maximum Gasteiger partial charge on any atom is 0.259 e. The molecule has 144 valence electrons. The van der Waals surface area contributed by atoms with Crippen LogP contribution in [0, 0.1) is 0 Å². The van der Waals surface area contributed by atoms with Crippen LogP contribution in [0.2, 0.25) is 0 Å².